The quantitative estimate of drug-likeness (QED) is 0.550. The van der Waals surface area contributed by atoms with Crippen LogP contribution in [0.3, 0.4) is 0 Å². The highest BCUT2D eigenvalue weighted by molar-refractivity contribution is 5.91. The van der Waals surface area contributed by atoms with Crippen LogP contribution in [0.15, 0.2) is 53.3 Å². The van der Waals surface area contributed by atoms with Crippen molar-refractivity contribution in [3.05, 3.63) is 71.6 Å². The zero-order chi connectivity index (χ0) is 18.5. The molecule has 0 fully saturated rings. The number of carbonyl (C=O) groups is 1. The molecule has 0 bridgehead atoms. The standard InChI is InChI=1S/C21H20N4O2/c1-14-5-7-15(8-6-14)16-12-25-18-13-24(20(26)19-4-3-11-27-19)10-9-17(18)23(2)21(25)22-16/h3-8,11-12H,9-10,13H2,1-2H3. The van der Waals surface area contributed by atoms with Gasteiger partial charge in [-0.15, -0.1) is 0 Å². The number of aromatic nitrogens is 3. The maximum absolute atomic E-state index is 12.7. The minimum atomic E-state index is -0.0680. The first-order chi connectivity index (χ1) is 13.1. The second-order valence-electron chi connectivity index (χ2n) is 7.07. The number of imidazole rings is 2. The number of furan rings is 1. The summed E-state index contributed by atoms with van der Waals surface area (Å²) < 4.78 is 9.54. The van der Waals surface area contributed by atoms with Crippen LogP contribution in [0.2, 0.25) is 0 Å². The third-order valence-corrected chi connectivity index (χ3v) is 5.34. The first-order valence-corrected chi connectivity index (χ1v) is 9.07. The van der Waals surface area contributed by atoms with Gasteiger partial charge in [0, 0.05) is 37.5 Å². The first-order valence-electron chi connectivity index (χ1n) is 9.07. The maximum Gasteiger partial charge on any atom is 0.289 e. The van der Waals surface area contributed by atoms with E-state index in [9.17, 15) is 4.79 Å². The molecule has 0 spiro atoms. The van der Waals surface area contributed by atoms with E-state index >= 15 is 0 Å². The van der Waals surface area contributed by atoms with E-state index in [0.717, 1.165) is 29.1 Å². The van der Waals surface area contributed by atoms with E-state index in [1.165, 1.54) is 17.5 Å². The van der Waals surface area contributed by atoms with Gasteiger partial charge >= 0.3 is 0 Å². The predicted molar refractivity (Wildman–Crippen MR) is 101 cm³/mol. The average molecular weight is 360 g/mol. The molecule has 0 atom stereocenters. The molecule has 136 valence electrons. The molecular weight excluding hydrogens is 340 g/mol. The van der Waals surface area contributed by atoms with E-state index in [2.05, 4.69) is 46.4 Å². The van der Waals surface area contributed by atoms with Crippen LogP contribution in [0.5, 0.6) is 0 Å². The number of nitrogens with zero attached hydrogens (tertiary/aromatic N) is 4. The summed E-state index contributed by atoms with van der Waals surface area (Å²) in [6, 6.07) is 11.8. The van der Waals surface area contributed by atoms with E-state index in [0.29, 0.717) is 18.8 Å². The molecule has 1 aliphatic rings. The lowest BCUT2D eigenvalue weighted by Crippen LogP contribution is -2.36. The number of carbonyl (C=O) groups excluding carboxylic acids is 1. The monoisotopic (exact) mass is 360 g/mol. The van der Waals surface area contributed by atoms with Gasteiger partial charge in [-0.25, -0.2) is 4.98 Å². The number of aryl methyl sites for hydroxylation is 2. The Morgan fingerprint density at radius 2 is 1.96 bits per heavy atom. The number of hydrogen-bond donors (Lipinski definition) is 0. The van der Waals surface area contributed by atoms with Gasteiger partial charge in [0.25, 0.3) is 5.91 Å². The van der Waals surface area contributed by atoms with Gasteiger partial charge in [-0.3, -0.25) is 9.20 Å². The molecule has 0 aliphatic carbocycles. The van der Waals surface area contributed by atoms with Gasteiger partial charge in [0.1, 0.15) is 0 Å². The minimum absolute atomic E-state index is 0.0680. The Labute approximate surface area is 156 Å². The van der Waals surface area contributed by atoms with E-state index in [4.69, 9.17) is 9.40 Å². The van der Waals surface area contributed by atoms with Gasteiger partial charge in [-0.1, -0.05) is 29.8 Å². The fraction of sp³-hybridized carbons (Fsp3) is 0.238. The van der Waals surface area contributed by atoms with Crippen molar-refractivity contribution in [2.45, 2.75) is 19.9 Å². The van der Waals surface area contributed by atoms with Gasteiger partial charge in [0.2, 0.25) is 5.78 Å². The maximum atomic E-state index is 12.7. The lowest BCUT2D eigenvalue weighted by atomic mass is 10.1. The summed E-state index contributed by atoms with van der Waals surface area (Å²) in [5, 5.41) is 0. The lowest BCUT2D eigenvalue weighted by molar-refractivity contribution is 0.0698. The number of fused-ring (bicyclic) bond motifs is 3. The van der Waals surface area contributed by atoms with Crippen LogP contribution in [0, 0.1) is 6.92 Å². The van der Waals surface area contributed by atoms with Crippen molar-refractivity contribution in [1.82, 2.24) is 18.9 Å². The van der Waals surface area contributed by atoms with Gasteiger partial charge in [-0.05, 0) is 19.1 Å². The zero-order valence-corrected chi connectivity index (χ0v) is 15.3. The van der Waals surface area contributed by atoms with Gasteiger partial charge in [0.05, 0.1) is 24.2 Å². The van der Waals surface area contributed by atoms with Crippen molar-refractivity contribution in [2.24, 2.45) is 7.05 Å². The van der Waals surface area contributed by atoms with E-state index in [1.54, 1.807) is 12.1 Å². The first kappa shape index (κ1) is 15.9. The summed E-state index contributed by atoms with van der Waals surface area (Å²) in [4.78, 5) is 19.4. The third kappa shape index (κ3) is 2.48. The molecule has 4 heterocycles. The Morgan fingerprint density at radius 3 is 2.70 bits per heavy atom. The zero-order valence-electron chi connectivity index (χ0n) is 15.3. The Balaban J connectivity index is 1.54. The Hall–Kier alpha value is -3.28. The molecular formula is C21H20N4O2. The highest BCUT2D eigenvalue weighted by Gasteiger charge is 2.28. The number of rotatable bonds is 2. The van der Waals surface area contributed by atoms with Crippen LogP contribution in [0.1, 0.15) is 27.5 Å². The molecule has 0 saturated heterocycles. The number of hydrogen-bond acceptors (Lipinski definition) is 3. The smallest absolute Gasteiger partial charge is 0.289 e. The largest absolute Gasteiger partial charge is 0.459 e. The molecule has 1 aromatic carbocycles. The number of amides is 1. The van der Waals surface area contributed by atoms with E-state index < -0.39 is 0 Å². The SMILES string of the molecule is Cc1ccc(-c2cn3c4c(n(C)c3n2)CCN(C(=O)c2ccco2)C4)cc1. The normalized spacial score (nSPS) is 13.9. The van der Waals surface area contributed by atoms with Gasteiger partial charge in [-0.2, -0.15) is 0 Å². The van der Waals surface area contributed by atoms with E-state index in [1.807, 2.05) is 11.9 Å². The van der Waals surface area contributed by atoms with Crippen molar-refractivity contribution in [2.75, 3.05) is 6.54 Å². The highest BCUT2D eigenvalue weighted by Crippen LogP contribution is 2.27. The highest BCUT2D eigenvalue weighted by atomic mass is 16.3. The second kappa shape index (κ2) is 5.87. The lowest BCUT2D eigenvalue weighted by Gasteiger charge is -2.26. The Morgan fingerprint density at radius 1 is 1.15 bits per heavy atom. The summed E-state index contributed by atoms with van der Waals surface area (Å²) in [5.74, 6) is 1.22. The fourth-order valence-electron chi connectivity index (χ4n) is 3.83. The van der Waals surface area contributed by atoms with Crippen LogP contribution in [0.25, 0.3) is 17.0 Å². The van der Waals surface area contributed by atoms with Crippen molar-refractivity contribution in [1.29, 1.82) is 0 Å². The molecule has 6 heteroatoms. The van der Waals surface area contributed by atoms with Crippen molar-refractivity contribution in [3.63, 3.8) is 0 Å². The summed E-state index contributed by atoms with van der Waals surface area (Å²) >= 11 is 0. The summed E-state index contributed by atoms with van der Waals surface area (Å²) in [7, 11) is 2.05. The second-order valence-corrected chi connectivity index (χ2v) is 7.07. The molecule has 5 rings (SSSR count). The third-order valence-electron chi connectivity index (χ3n) is 5.34. The molecule has 0 saturated carbocycles. The van der Waals surface area contributed by atoms with Crippen molar-refractivity contribution >= 4 is 11.7 Å². The van der Waals surface area contributed by atoms with Gasteiger partial charge in [0.15, 0.2) is 5.76 Å². The van der Waals surface area contributed by atoms with Crippen LogP contribution in [0.4, 0.5) is 0 Å². The minimum Gasteiger partial charge on any atom is -0.459 e. The molecule has 1 amide bonds. The molecule has 1 aliphatic heterocycles. The fourth-order valence-corrected chi connectivity index (χ4v) is 3.83. The molecule has 4 aromatic rings. The van der Waals surface area contributed by atoms with Crippen LogP contribution in [-0.4, -0.2) is 31.3 Å². The number of benzene rings is 1. The molecule has 0 unspecified atom stereocenters. The molecule has 3 aromatic heterocycles. The van der Waals surface area contributed by atoms with Crippen LogP contribution in [-0.2, 0) is 20.0 Å². The average Bonchev–Trinajstić information content (AvgIpc) is 3.41. The topological polar surface area (TPSA) is 55.7 Å². The molecule has 0 radical (unpaired) electrons. The summed E-state index contributed by atoms with van der Waals surface area (Å²) in [5.41, 5.74) is 5.61. The molecule has 27 heavy (non-hydrogen) atoms. The molecule has 6 nitrogen and oxygen atoms in total. The summed E-state index contributed by atoms with van der Waals surface area (Å²) in [6.45, 7) is 3.31. The predicted octanol–water partition coefficient (Wildman–Crippen LogP) is 3.44. The van der Waals surface area contributed by atoms with Crippen LogP contribution >= 0.6 is 0 Å². The Bertz CT molecular complexity index is 1130. The molecule has 0 N–H and O–H groups in total. The van der Waals surface area contributed by atoms with Gasteiger partial charge < -0.3 is 13.9 Å². The van der Waals surface area contributed by atoms with Crippen molar-refractivity contribution < 1.29 is 9.21 Å². The summed E-state index contributed by atoms with van der Waals surface area (Å²) in [6.07, 6.45) is 4.41. The Kier molecular flexibility index (Phi) is 3.47. The van der Waals surface area contributed by atoms with Crippen LogP contribution < -0.4 is 0 Å². The van der Waals surface area contributed by atoms with Crippen molar-refractivity contribution in [3.8, 4) is 11.3 Å². The van der Waals surface area contributed by atoms with E-state index in [-0.39, 0.29) is 5.91 Å².